The topological polar surface area (TPSA) is 57.0 Å². The first kappa shape index (κ1) is 10.4. The van der Waals surface area contributed by atoms with Crippen LogP contribution >= 0.6 is 15.9 Å². The van der Waals surface area contributed by atoms with Crippen LogP contribution in [0.5, 0.6) is 0 Å². The number of anilines is 1. The predicted octanol–water partition coefficient (Wildman–Crippen LogP) is 3.18. The van der Waals surface area contributed by atoms with Gasteiger partial charge in [-0.25, -0.2) is 0 Å². The van der Waals surface area contributed by atoms with Gasteiger partial charge < -0.3 is 14.8 Å². The van der Waals surface area contributed by atoms with Crippen molar-refractivity contribution in [1.29, 1.82) is 0 Å². The first-order chi connectivity index (χ1) is 8.16. The van der Waals surface area contributed by atoms with Crippen molar-refractivity contribution in [3.8, 4) is 11.5 Å². The maximum absolute atomic E-state index is 5.57. The van der Waals surface area contributed by atoms with Gasteiger partial charge in [-0.1, -0.05) is 17.3 Å². The van der Waals surface area contributed by atoms with Gasteiger partial charge in [0.15, 0.2) is 11.6 Å². The van der Waals surface area contributed by atoms with Crippen molar-refractivity contribution in [2.24, 2.45) is 7.05 Å². The van der Waals surface area contributed by atoms with E-state index in [1.807, 2.05) is 19.2 Å². The second-order valence-corrected chi connectivity index (χ2v) is 4.74. The van der Waals surface area contributed by atoms with Crippen LogP contribution in [0.25, 0.3) is 22.4 Å². The van der Waals surface area contributed by atoms with Gasteiger partial charge in [0.1, 0.15) is 0 Å². The second kappa shape index (κ2) is 3.63. The molecule has 2 N–H and O–H groups in total. The third kappa shape index (κ3) is 1.54. The Morgan fingerprint density at radius 2 is 2.18 bits per heavy atom. The maximum Gasteiger partial charge on any atom is 0.185 e. The molecule has 0 amide bonds. The van der Waals surface area contributed by atoms with Crippen LogP contribution in [-0.4, -0.2) is 9.72 Å². The molecule has 0 bridgehead atoms. The van der Waals surface area contributed by atoms with E-state index in [2.05, 4.69) is 37.8 Å². The lowest BCUT2D eigenvalue weighted by Gasteiger charge is -2.01. The van der Waals surface area contributed by atoms with E-state index in [0.717, 1.165) is 21.1 Å². The van der Waals surface area contributed by atoms with Crippen LogP contribution < -0.4 is 5.73 Å². The Morgan fingerprint density at radius 3 is 2.82 bits per heavy atom. The van der Waals surface area contributed by atoms with E-state index in [4.69, 9.17) is 10.3 Å². The quantitative estimate of drug-likeness (QED) is 0.749. The molecule has 0 fully saturated rings. The molecule has 0 radical (unpaired) electrons. The van der Waals surface area contributed by atoms with Crippen LogP contribution in [-0.2, 0) is 7.05 Å². The Morgan fingerprint density at radius 1 is 1.35 bits per heavy atom. The van der Waals surface area contributed by atoms with E-state index in [-0.39, 0.29) is 0 Å². The van der Waals surface area contributed by atoms with Crippen molar-refractivity contribution in [2.75, 3.05) is 5.73 Å². The molecule has 3 rings (SSSR count). The molecule has 0 aliphatic carbocycles. The molecule has 0 aliphatic heterocycles. The number of aromatic nitrogens is 2. The largest absolute Gasteiger partial charge is 0.381 e. The average molecular weight is 292 g/mol. The molecule has 86 valence electrons. The van der Waals surface area contributed by atoms with Gasteiger partial charge in [-0.3, -0.25) is 0 Å². The molecule has 5 heteroatoms. The second-order valence-electron chi connectivity index (χ2n) is 3.88. The van der Waals surface area contributed by atoms with Crippen LogP contribution in [0.1, 0.15) is 0 Å². The maximum atomic E-state index is 5.57. The predicted molar refractivity (Wildman–Crippen MR) is 70.5 cm³/mol. The lowest BCUT2D eigenvalue weighted by molar-refractivity contribution is 0.433. The monoisotopic (exact) mass is 291 g/mol. The van der Waals surface area contributed by atoms with Crippen LogP contribution in [0.3, 0.4) is 0 Å². The Kier molecular flexibility index (Phi) is 2.22. The first-order valence-electron chi connectivity index (χ1n) is 5.13. The smallest absolute Gasteiger partial charge is 0.185 e. The molecule has 4 nitrogen and oxygen atoms in total. The number of nitrogens with two attached hydrogens (primary N) is 1. The number of nitrogen functional groups attached to an aromatic ring is 1. The third-order valence-electron chi connectivity index (χ3n) is 2.79. The molecule has 2 heterocycles. The van der Waals surface area contributed by atoms with Gasteiger partial charge in [0, 0.05) is 23.0 Å². The van der Waals surface area contributed by atoms with Crippen LogP contribution in [0.4, 0.5) is 5.82 Å². The van der Waals surface area contributed by atoms with Crippen molar-refractivity contribution in [3.63, 3.8) is 0 Å². The summed E-state index contributed by atoms with van der Waals surface area (Å²) in [7, 11) is 1.99. The zero-order valence-corrected chi connectivity index (χ0v) is 10.7. The van der Waals surface area contributed by atoms with E-state index < -0.39 is 0 Å². The van der Waals surface area contributed by atoms with Crippen molar-refractivity contribution < 1.29 is 4.52 Å². The number of rotatable bonds is 1. The van der Waals surface area contributed by atoms with Crippen molar-refractivity contribution in [3.05, 3.63) is 34.8 Å². The number of para-hydroxylation sites is 1. The SMILES string of the molecule is Cn1c(-c2cc(N)no2)cc2cccc(Br)c21. The summed E-state index contributed by atoms with van der Waals surface area (Å²) < 4.78 is 8.30. The number of hydrogen-bond acceptors (Lipinski definition) is 3. The summed E-state index contributed by atoms with van der Waals surface area (Å²) in [6.45, 7) is 0. The van der Waals surface area contributed by atoms with Crippen LogP contribution in [0.2, 0.25) is 0 Å². The summed E-state index contributed by atoms with van der Waals surface area (Å²) >= 11 is 3.55. The molecule has 1 aromatic carbocycles. The molecular formula is C12H10BrN3O. The molecule has 0 unspecified atom stereocenters. The minimum atomic E-state index is 0.393. The number of halogens is 1. The summed E-state index contributed by atoms with van der Waals surface area (Å²) in [6, 6.07) is 9.86. The summed E-state index contributed by atoms with van der Waals surface area (Å²) in [5, 5.41) is 4.85. The molecule has 3 aromatic rings. The van der Waals surface area contributed by atoms with E-state index in [1.165, 1.54) is 0 Å². The van der Waals surface area contributed by atoms with Gasteiger partial charge in [-0.05, 0) is 28.1 Å². The molecule has 2 aromatic heterocycles. The fourth-order valence-corrected chi connectivity index (χ4v) is 2.66. The first-order valence-corrected chi connectivity index (χ1v) is 5.92. The van der Waals surface area contributed by atoms with Gasteiger partial charge in [-0.15, -0.1) is 0 Å². The minimum Gasteiger partial charge on any atom is -0.381 e. The normalized spacial score (nSPS) is 11.2. The molecule has 0 aliphatic rings. The van der Waals surface area contributed by atoms with E-state index in [9.17, 15) is 0 Å². The highest BCUT2D eigenvalue weighted by Gasteiger charge is 2.13. The standard InChI is InChI=1S/C12H10BrN3O/c1-16-9(10-6-11(14)15-17-10)5-7-3-2-4-8(13)12(7)16/h2-6H,1H3,(H2,14,15). The highest BCUT2D eigenvalue weighted by molar-refractivity contribution is 9.10. The Balaban J connectivity index is 2.32. The fourth-order valence-electron chi connectivity index (χ4n) is 2.01. The Bertz CT molecular complexity index is 699. The van der Waals surface area contributed by atoms with E-state index in [0.29, 0.717) is 11.6 Å². The molecule has 0 atom stereocenters. The Labute approximate surface area is 106 Å². The van der Waals surface area contributed by atoms with Crippen molar-refractivity contribution in [2.45, 2.75) is 0 Å². The zero-order chi connectivity index (χ0) is 12.0. The highest BCUT2D eigenvalue weighted by atomic mass is 79.9. The summed E-state index contributed by atoms with van der Waals surface area (Å²) in [6.07, 6.45) is 0. The Hall–Kier alpha value is -1.75. The number of fused-ring (bicyclic) bond motifs is 1. The van der Waals surface area contributed by atoms with Crippen LogP contribution in [0, 0.1) is 0 Å². The number of nitrogens with zero attached hydrogens (tertiary/aromatic N) is 2. The molecule has 0 saturated carbocycles. The lowest BCUT2D eigenvalue weighted by Crippen LogP contribution is -1.90. The van der Waals surface area contributed by atoms with Crippen molar-refractivity contribution >= 4 is 32.7 Å². The highest BCUT2D eigenvalue weighted by Crippen LogP contribution is 2.31. The van der Waals surface area contributed by atoms with Gasteiger partial charge in [0.05, 0.1) is 11.2 Å². The number of benzene rings is 1. The minimum absolute atomic E-state index is 0.393. The zero-order valence-electron chi connectivity index (χ0n) is 9.14. The molecule has 17 heavy (non-hydrogen) atoms. The third-order valence-corrected chi connectivity index (χ3v) is 3.43. The number of hydrogen-bond donors (Lipinski definition) is 1. The summed E-state index contributed by atoms with van der Waals surface area (Å²) in [5.41, 5.74) is 7.64. The lowest BCUT2D eigenvalue weighted by atomic mass is 10.2. The van der Waals surface area contributed by atoms with E-state index >= 15 is 0 Å². The van der Waals surface area contributed by atoms with Gasteiger partial charge in [0.25, 0.3) is 0 Å². The van der Waals surface area contributed by atoms with Gasteiger partial charge in [-0.2, -0.15) is 0 Å². The fraction of sp³-hybridized carbons (Fsp3) is 0.0833. The van der Waals surface area contributed by atoms with Gasteiger partial charge in [0.2, 0.25) is 0 Å². The van der Waals surface area contributed by atoms with E-state index in [1.54, 1.807) is 6.07 Å². The molecule has 0 saturated heterocycles. The van der Waals surface area contributed by atoms with Crippen molar-refractivity contribution in [1.82, 2.24) is 9.72 Å². The average Bonchev–Trinajstić information content (AvgIpc) is 2.84. The molecule has 0 spiro atoms. The number of aryl methyl sites for hydroxylation is 1. The van der Waals surface area contributed by atoms with Gasteiger partial charge >= 0.3 is 0 Å². The van der Waals surface area contributed by atoms with Crippen LogP contribution in [0.15, 0.2) is 39.3 Å². The summed E-state index contributed by atoms with van der Waals surface area (Å²) in [5.74, 6) is 1.07. The summed E-state index contributed by atoms with van der Waals surface area (Å²) in [4.78, 5) is 0. The molecular weight excluding hydrogens is 282 g/mol.